The van der Waals surface area contributed by atoms with Crippen LogP contribution in [0.1, 0.15) is 15.9 Å². The van der Waals surface area contributed by atoms with Crippen LogP contribution < -0.4 is 19.6 Å². The van der Waals surface area contributed by atoms with E-state index in [9.17, 15) is 9.59 Å². The highest BCUT2D eigenvalue weighted by atomic mass is 79.9. The third-order valence-electron chi connectivity index (χ3n) is 5.14. The van der Waals surface area contributed by atoms with Crippen LogP contribution in [0.4, 0.5) is 0 Å². The van der Waals surface area contributed by atoms with Gasteiger partial charge in [-0.2, -0.15) is 5.10 Å². The molecule has 0 saturated heterocycles. The number of amides is 1. The first kappa shape index (κ1) is 26.5. The van der Waals surface area contributed by atoms with E-state index in [1.165, 1.54) is 31.5 Å². The summed E-state index contributed by atoms with van der Waals surface area (Å²) in [6, 6.07) is 20.8. The van der Waals surface area contributed by atoms with Crippen LogP contribution in [-0.4, -0.2) is 31.8 Å². The number of benzene rings is 4. The summed E-state index contributed by atoms with van der Waals surface area (Å²) in [7, 11) is 1.44. The zero-order valence-corrected chi connectivity index (χ0v) is 22.4. The summed E-state index contributed by atoms with van der Waals surface area (Å²) in [6.07, 6.45) is 1.43. The van der Waals surface area contributed by atoms with Gasteiger partial charge in [-0.15, -0.1) is 0 Å². The van der Waals surface area contributed by atoms with E-state index in [-0.39, 0.29) is 22.9 Å². The van der Waals surface area contributed by atoms with Gasteiger partial charge < -0.3 is 14.2 Å². The van der Waals surface area contributed by atoms with Gasteiger partial charge in [-0.05, 0) is 74.7 Å². The molecule has 4 aromatic carbocycles. The Bertz CT molecular complexity index is 1510. The first-order valence-electron chi connectivity index (χ1n) is 10.8. The number of fused-ring (bicyclic) bond motifs is 1. The lowest BCUT2D eigenvalue weighted by Gasteiger charge is -2.10. The Morgan fingerprint density at radius 1 is 0.946 bits per heavy atom. The number of hydrazone groups is 1. The number of carbonyl (C=O) groups excluding carboxylic acids is 2. The fourth-order valence-corrected chi connectivity index (χ4v) is 4.22. The van der Waals surface area contributed by atoms with E-state index in [0.717, 1.165) is 15.2 Å². The van der Waals surface area contributed by atoms with Crippen LogP contribution in [0.2, 0.25) is 10.0 Å². The number of hydrogen-bond acceptors (Lipinski definition) is 6. The molecule has 37 heavy (non-hydrogen) atoms. The van der Waals surface area contributed by atoms with Gasteiger partial charge in [0.2, 0.25) is 0 Å². The molecule has 4 rings (SSSR count). The minimum Gasteiger partial charge on any atom is -0.493 e. The summed E-state index contributed by atoms with van der Waals surface area (Å²) in [5.74, 6) is -0.00471. The molecule has 0 spiro atoms. The maximum absolute atomic E-state index is 12.5. The van der Waals surface area contributed by atoms with Crippen molar-refractivity contribution in [3.63, 3.8) is 0 Å². The Labute approximate surface area is 231 Å². The second-order valence-corrected chi connectivity index (χ2v) is 9.22. The SMILES string of the molecule is COc1cc(/C=N\NC(=O)COc2ccc3ccccc3c2Br)ccc1OC(=O)c1ccc(Cl)c(Cl)c1. The predicted molar refractivity (Wildman–Crippen MR) is 147 cm³/mol. The molecule has 0 fully saturated rings. The van der Waals surface area contributed by atoms with E-state index < -0.39 is 11.9 Å². The molecule has 7 nitrogen and oxygen atoms in total. The Morgan fingerprint density at radius 3 is 2.51 bits per heavy atom. The lowest BCUT2D eigenvalue weighted by atomic mass is 10.1. The number of esters is 1. The molecule has 0 heterocycles. The summed E-state index contributed by atoms with van der Waals surface area (Å²) in [5, 5.41) is 6.57. The minimum absolute atomic E-state index is 0.203. The zero-order chi connectivity index (χ0) is 26.4. The second-order valence-electron chi connectivity index (χ2n) is 7.61. The molecular formula is C27H19BrCl2N2O5. The normalized spacial score (nSPS) is 10.9. The summed E-state index contributed by atoms with van der Waals surface area (Å²) >= 11 is 15.4. The molecule has 0 atom stereocenters. The number of nitrogens with one attached hydrogen (secondary N) is 1. The lowest BCUT2D eigenvalue weighted by Crippen LogP contribution is -2.24. The number of methoxy groups -OCH3 is 1. The molecular weight excluding hydrogens is 583 g/mol. The van der Waals surface area contributed by atoms with Crippen molar-refractivity contribution in [2.24, 2.45) is 5.10 Å². The van der Waals surface area contributed by atoms with Crippen LogP contribution in [0.25, 0.3) is 10.8 Å². The summed E-state index contributed by atoms with van der Waals surface area (Å²) in [4.78, 5) is 24.7. The molecule has 0 aliphatic heterocycles. The highest BCUT2D eigenvalue weighted by Crippen LogP contribution is 2.33. The average molecular weight is 602 g/mol. The van der Waals surface area contributed by atoms with Gasteiger partial charge >= 0.3 is 5.97 Å². The Kier molecular flexibility index (Phi) is 8.66. The van der Waals surface area contributed by atoms with Crippen molar-refractivity contribution in [3.8, 4) is 17.2 Å². The molecule has 10 heteroatoms. The number of halogens is 3. The molecule has 0 bridgehead atoms. The monoisotopic (exact) mass is 600 g/mol. The van der Waals surface area contributed by atoms with Gasteiger partial charge in [0.25, 0.3) is 5.91 Å². The maximum atomic E-state index is 12.5. The van der Waals surface area contributed by atoms with Crippen molar-refractivity contribution >= 4 is 68.0 Å². The van der Waals surface area contributed by atoms with Gasteiger partial charge in [-0.25, -0.2) is 10.2 Å². The highest BCUT2D eigenvalue weighted by molar-refractivity contribution is 9.10. The Hall–Kier alpha value is -3.59. The van der Waals surface area contributed by atoms with Gasteiger partial charge in [0.05, 0.1) is 33.4 Å². The number of ether oxygens (including phenoxy) is 3. The van der Waals surface area contributed by atoms with Crippen molar-refractivity contribution in [3.05, 3.63) is 98.4 Å². The molecule has 4 aromatic rings. The molecule has 0 radical (unpaired) electrons. The minimum atomic E-state index is -0.622. The third-order valence-corrected chi connectivity index (χ3v) is 6.69. The smallest absolute Gasteiger partial charge is 0.343 e. The van der Waals surface area contributed by atoms with Crippen LogP contribution in [0, 0.1) is 0 Å². The summed E-state index contributed by atoms with van der Waals surface area (Å²) in [5.41, 5.74) is 3.25. The number of nitrogens with zero attached hydrogens (tertiary/aromatic N) is 1. The molecule has 0 aliphatic carbocycles. The number of rotatable bonds is 8. The average Bonchev–Trinajstić information content (AvgIpc) is 2.90. The number of carbonyl (C=O) groups is 2. The van der Waals surface area contributed by atoms with Crippen molar-refractivity contribution < 1.29 is 23.8 Å². The Balaban J connectivity index is 1.34. The quantitative estimate of drug-likeness (QED) is 0.106. The van der Waals surface area contributed by atoms with Gasteiger partial charge in [0.1, 0.15) is 5.75 Å². The molecule has 0 saturated carbocycles. The molecule has 1 amide bonds. The third kappa shape index (κ3) is 6.60. The van der Waals surface area contributed by atoms with E-state index in [1.54, 1.807) is 24.3 Å². The van der Waals surface area contributed by atoms with Crippen molar-refractivity contribution in [1.29, 1.82) is 0 Å². The van der Waals surface area contributed by atoms with Crippen LogP contribution in [0.3, 0.4) is 0 Å². The van der Waals surface area contributed by atoms with Gasteiger partial charge in [0.15, 0.2) is 18.1 Å². The van der Waals surface area contributed by atoms with Crippen molar-refractivity contribution in [2.45, 2.75) is 0 Å². The molecule has 1 N–H and O–H groups in total. The molecule has 0 aromatic heterocycles. The fraction of sp³-hybridized carbons (Fsp3) is 0.0741. The molecule has 0 aliphatic rings. The summed E-state index contributed by atoms with van der Waals surface area (Å²) in [6.45, 7) is -0.221. The topological polar surface area (TPSA) is 86.2 Å². The van der Waals surface area contributed by atoms with Crippen LogP contribution >= 0.6 is 39.1 Å². The second kappa shape index (κ2) is 12.1. The van der Waals surface area contributed by atoms with E-state index in [4.69, 9.17) is 37.4 Å². The predicted octanol–water partition coefficient (Wildman–Crippen LogP) is 6.67. The van der Waals surface area contributed by atoms with Crippen LogP contribution in [-0.2, 0) is 4.79 Å². The van der Waals surface area contributed by atoms with Crippen molar-refractivity contribution in [2.75, 3.05) is 13.7 Å². The van der Waals surface area contributed by atoms with Crippen LogP contribution in [0.5, 0.6) is 17.2 Å². The van der Waals surface area contributed by atoms with Crippen LogP contribution in [0.15, 0.2) is 82.4 Å². The van der Waals surface area contributed by atoms with E-state index in [0.29, 0.717) is 22.1 Å². The van der Waals surface area contributed by atoms with E-state index in [1.807, 2.05) is 30.3 Å². The standard InChI is InChI=1S/C27H19BrCl2N2O5/c1-35-24-12-16(6-10-22(24)37-27(34)18-7-9-20(29)21(30)13-18)14-31-32-25(33)15-36-23-11-8-17-4-2-3-5-19(17)26(23)28/h2-14H,15H2,1H3,(H,32,33)/b31-14-. The zero-order valence-electron chi connectivity index (χ0n) is 19.3. The number of hydrogen-bond donors (Lipinski definition) is 1. The van der Waals surface area contributed by atoms with Gasteiger partial charge in [-0.3, -0.25) is 4.79 Å². The molecule has 188 valence electrons. The van der Waals surface area contributed by atoms with Gasteiger partial charge in [-0.1, -0.05) is 53.5 Å². The first-order valence-corrected chi connectivity index (χ1v) is 12.4. The summed E-state index contributed by atoms with van der Waals surface area (Å²) < 4.78 is 17.2. The Morgan fingerprint density at radius 2 is 1.73 bits per heavy atom. The highest BCUT2D eigenvalue weighted by Gasteiger charge is 2.14. The first-order chi connectivity index (χ1) is 17.9. The van der Waals surface area contributed by atoms with Crippen molar-refractivity contribution in [1.82, 2.24) is 5.43 Å². The lowest BCUT2D eigenvalue weighted by molar-refractivity contribution is -0.123. The maximum Gasteiger partial charge on any atom is 0.343 e. The van der Waals surface area contributed by atoms with E-state index >= 15 is 0 Å². The van der Waals surface area contributed by atoms with Gasteiger partial charge in [0, 0.05) is 0 Å². The largest absolute Gasteiger partial charge is 0.493 e. The van der Waals surface area contributed by atoms with E-state index in [2.05, 4.69) is 26.5 Å². The molecule has 0 unspecified atom stereocenters. The fourth-order valence-electron chi connectivity index (χ4n) is 3.31.